The van der Waals surface area contributed by atoms with Crippen LogP contribution in [0, 0.1) is 27.7 Å². The fourth-order valence-corrected chi connectivity index (χ4v) is 3.61. The van der Waals surface area contributed by atoms with Gasteiger partial charge in [0.05, 0.1) is 16.8 Å². The molecule has 6 heteroatoms. The molecular weight excluding hydrogens is 442 g/mol. The molecule has 6 nitrogen and oxygen atoms in total. The number of Topliss-reactive ketones (excluding diaryl/α,β-unsaturated/α-hetero) is 1. The molecule has 178 valence electrons. The Balaban J connectivity index is 1.50. The molecule has 0 N–H and O–H groups in total. The van der Waals surface area contributed by atoms with Crippen molar-refractivity contribution < 1.29 is 23.6 Å². The lowest BCUT2D eigenvalue weighted by atomic mass is 9.98. The Labute approximate surface area is 204 Å². The molecule has 0 unspecified atom stereocenters. The first-order valence-electron chi connectivity index (χ1n) is 11.3. The highest BCUT2D eigenvalue weighted by atomic mass is 16.5. The fourth-order valence-electron chi connectivity index (χ4n) is 3.61. The summed E-state index contributed by atoms with van der Waals surface area (Å²) >= 11 is 0. The highest BCUT2D eigenvalue weighted by Crippen LogP contribution is 2.26. The predicted molar refractivity (Wildman–Crippen MR) is 132 cm³/mol. The summed E-state index contributed by atoms with van der Waals surface area (Å²) in [7, 11) is 0. The summed E-state index contributed by atoms with van der Waals surface area (Å²) in [6.45, 7) is 7.91. The third kappa shape index (κ3) is 5.66. The van der Waals surface area contributed by atoms with Crippen LogP contribution in [0.3, 0.4) is 0 Å². The van der Waals surface area contributed by atoms with Crippen molar-refractivity contribution >= 4 is 11.8 Å². The minimum atomic E-state index is -1.05. The van der Waals surface area contributed by atoms with E-state index >= 15 is 0 Å². The molecule has 0 spiro atoms. The molecule has 0 saturated carbocycles. The maximum Gasteiger partial charge on any atom is 0.339 e. The second kappa shape index (κ2) is 10.4. The van der Waals surface area contributed by atoms with E-state index in [4.69, 9.17) is 14.0 Å². The Bertz CT molecular complexity index is 1300. The number of hydrogen-bond acceptors (Lipinski definition) is 6. The van der Waals surface area contributed by atoms with Crippen LogP contribution in [0.4, 0.5) is 0 Å². The van der Waals surface area contributed by atoms with Crippen molar-refractivity contribution in [3.05, 3.63) is 118 Å². The molecule has 4 aromatic rings. The summed E-state index contributed by atoms with van der Waals surface area (Å²) < 4.78 is 16.7. The fraction of sp³-hybridized carbons (Fsp3) is 0.207. The summed E-state index contributed by atoms with van der Waals surface area (Å²) in [6.07, 6.45) is -1.05. The van der Waals surface area contributed by atoms with Gasteiger partial charge in [-0.3, -0.25) is 4.79 Å². The van der Waals surface area contributed by atoms with Crippen LogP contribution < -0.4 is 4.74 Å². The van der Waals surface area contributed by atoms with Crippen LogP contribution in [0.5, 0.6) is 5.75 Å². The highest BCUT2D eigenvalue weighted by Gasteiger charge is 2.27. The second-order valence-electron chi connectivity index (χ2n) is 8.54. The number of carbonyl (C=O) groups excluding carboxylic acids is 2. The number of aromatic nitrogens is 1. The second-order valence-corrected chi connectivity index (χ2v) is 8.54. The van der Waals surface area contributed by atoms with Crippen LogP contribution in [0.25, 0.3) is 0 Å². The van der Waals surface area contributed by atoms with Crippen molar-refractivity contribution in [2.45, 2.75) is 40.4 Å². The predicted octanol–water partition coefficient (Wildman–Crippen LogP) is 6.27. The molecule has 0 fully saturated rings. The molecule has 0 aliphatic carbocycles. The third-order valence-electron chi connectivity index (χ3n) is 5.83. The largest absolute Gasteiger partial charge is 0.489 e. The molecule has 1 heterocycles. The van der Waals surface area contributed by atoms with Crippen molar-refractivity contribution in [3.63, 3.8) is 0 Å². The molecule has 0 aliphatic rings. The van der Waals surface area contributed by atoms with Crippen molar-refractivity contribution in [2.24, 2.45) is 0 Å². The first-order chi connectivity index (χ1) is 16.8. The molecule has 0 bridgehead atoms. The van der Waals surface area contributed by atoms with E-state index in [2.05, 4.69) is 5.16 Å². The third-order valence-corrected chi connectivity index (χ3v) is 5.83. The normalized spacial score (nSPS) is 11.7. The van der Waals surface area contributed by atoms with Crippen LogP contribution >= 0.6 is 0 Å². The van der Waals surface area contributed by atoms with E-state index in [9.17, 15) is 9.59 Å². The maximum atomic E-state index is 13.3. The minimum absolute atomic E-state index is 0.276. The summed E-state index contributed by atoms with van der Waals surface area (Å²) in [4.78, 5) is 26.3. The van der Waals surface area contributed by atoms with Gasteiger partial charge in [-0.1, -0.05) is 64.8 Å². The van der Waals surface area contributed by atoms with Gasteiger partial charge in [-0.25, -0.2) is 4.79 Å². The topological polar surface area (TPSA) is 78.6 Å². The van der Waals surface area contributed by atoms with Gasteiger partial charge in [0.2, 0.25) is 5.78 Å². The van der Waals surface area contributed by atoms with Crippen molar-refractivity contribution in [3.8, 4) is 5.75 Å². The van der Waals surface area contributed by atoms with Gasteiger partial charge in [-0.2, -0.15) is 0 Å². The average Bonchev–Trinajstić information content (AvgIpc) is 3.19. The molecule has 1 atom stereocenters. The van der Waals surface area contributed by atoms with E-state index in [-0.39, 0.29) is 5.78 Å². The molecule has 1 aromatic heterocycles. The Morgan fingerprint density at radius 2 is 1.37 bits per heavy atom. The smallest absolute Gasteiger partial charge is 0.339 e. The highest BCUT2D eigenvalue weighted by molar-refractivity contribution is 6.02. The van der Waals surface area contributed by atoms with Gasteiger partial charge in [0, 0.05) is 11.1 Å². The average molecular weight is 470 g/mol. The van der Waals surface area contributed by atoms with Gasteiger partial charge in [0.15, 0.2) is 6.10 Å². The zero-order valence-corrected chi connectivity index (χ0v) is 20.2. The summed E-state index contributed by atoms with van der Waals surface area (Å²) in [5, 5.41) is 3.92. The van der Waals surface area contributed by atoms with Crippen LogP contribution in [0.2, 0.25) is 0 Å². The van der Waals surface area contributed by atoms with Gasteiger partial charge in [-0.15, -0.1) is 0 Å². The van der Waals surface area contributed by atoms with Crippen molar-refractivity contribution in [1.29, 1.82) is 0 Å². The first kappa shape index (κ1) is 24.0. The van der Waals surface area contributed by atoms with Gasteiger partial charge >= 0.3 is 5.97 Å². The molecule has 0 amide bonds. The number of esters is 1. The molecular formula is C29H27NO5. The SMILES string of the molecule is Cc1ccc(C(=O)[C@H](OC(=O)c2ccc(OCc3c(C)noc3C)cc2)c2ccc(C)cc2)cc1. The molecule has 0 radical (unpaired) electrons. The van der Waals surface area contributed by atoms with Gasteiger partial charge in [0.25, 0.3) is 0 Å². The maximum absolute atomic E-state index is 13.3. The molecule has 35 heavy (non-hydrogen) atoms. The van der Waals surface area contributed by atoms with E-state index in [1.54, 1.807) is 36.4 Å². The minimum Gasteiger partial charge on any atom is -0.489 e. The van der Waals surface area contributed by atoms with E-state index < -0.39 is 12.1 Å². The molecule has 3 aromatic carbocycles. The Kier molecular flexibility index (Phi) is 7.11. The van der Waals surface area contributed by atoms with E-state index in [1.807, 2.05) is 64.1 Å². The number of hydrogen-bond donors (Lipinski definition) is 0. The van der Waals surface area contributed by atoms with Crippen LogP contribution in [-0.2, 0) is 11.3 Å². The van der Waals surface area contributed by atoms with Gasteiger partial charge in [-0.05, 0) is 52.0 Å². The number of rotatable bonds is 8. The number of benzene rings is 3. The molecule has 0 aliphatic heterocycles. The quantitative estimate of drug-likeness (QED) is 0.224. The van der Waals surface area contributed by atoms with Gasteiger partial charge < -0.3 is 14.0 Å². The van der Waals surface area contributed by atoms with Crippen LogP contribution in [0.1, 0.15) is 60.5 Å². The van der Waals surface area contributed by atoms with Crippen LogP contribution in [-0.4, -0.2) is 16.9 Å². The first-order valence-corrected chi connectivity index (χ1v) is 11.3. The van der Waals surface area contributed by atoms with Gasteiger partial charge in [0.1, 0.15) is 18.1 Å². The van der Waals surface area contributed by atoms with Crippen molar-refractivity contribution in [2.75, 3.05) is 0 Å². The zero-order valence-electron chi connectivity index (χ0n) is 20.2. The Hall–Kier alpha value is -4.19. The summed E-state index contributed by atoms with van der Waals surface area (Å²) in [5.41, 5.74) is 5.19. The van der Waals surface area contributed by atoms with E-state index in [0.717, 1.165) is 22.4 Å². The zero-order chi connectivity index (χ0) is 24.9. The molecule has 0 saturated heterocycles. The Morgan fingerprint density at radius 3 is 1.94 bits per heavy atom. The van der Waals surface area contributed by atoms with Crippen LogP contribution in [0.15, 0.2) is 77.3 Å². The number of carbonyl (C=O) groups is 2. The monoisotopic (exact) mass is 469 g/mol. The lowest BCUT2D eigenvalue weighted by molar-refractivity contribution is 0.0280. The number of nitrogens with zero attached hydrogens (tertiary/aromatic N) is 1. The lowest BCUT2D eigenvalue weighted by Crippen LogP contribution is -2.20. The number of aryl methyl sites for hydroxylation is 4. The number of ketones is 1. The van der Waals surface area contributed by atoms with Crippen molar-refractivity contribution in [1.82, 2.24) is 5.16 Å². The molecule has 4 rings (SSSR count). The summed E-state index contributed by atoms with van der Waals surface area (Å²) in [5.74, 6) is 0.436. The Morgan fingerprint density at radius 1 is 0.800 bits per heavy atom. The summed E-state index contributed by atoms with van der Waals surface area (Å²) in [6, 6.07) is 21.3. The number of ether oxygens (including phenoxy) is 2. The van der Waals surface area contributed by atoms with E-state index in [0.29, 0.717) is 34.8 Å². The standard InChI is InChI=1S/C29H27NO5/c1-18-5-9-22(10-6-18)27(31)28(23-11-7-19(2)8-12-23)34-29(32)24-13-15-25(16-14-24)33-17-26-20(3)30-35-21(26)4/h5-16,28H,17H2,1-4H3/t28-/m1/s1. The lowest BCUT2D eigenvalue weighted by Gasteiger charge is -2.18. The van der Waals surface area contributed by atoms with E-state index in [1.165, 1.54) is 0 Å².